The van der Waals surface area contributed by atoms with Crippen molar-refractivity contribution in [2.45, 2.75) is 51.1 Å². The van der Waals surface area contributed by atoms with Crippen LogP contribution in [-0.4, -0.2) is 38.8 Å². The molecule has 2 N–H and O–H groups in total. The van der Waals surface area contributed by atoms with Crippen LogP contribution in [0.15, 0.2) is 29.2 Å². The molecule has 0 saturated carbocycles. The molecule has 1 rings (SSSR count). The van der Waals surface area contributed by atoms with Gasteiger partial charge in [-0.3, -0.25) is 0 Å². The summed E-state index contributed by atoms with van der Waals surface area (Å²) in [5, 5.41) is 8.96. The fourth-order valence-corrected chi connectivity index (χ4v) is 3.37. The predicted molar refractivity (Wildman–Crippen MR) is 86.1 cm³/mol. The van der Waals surface area contributed by atoms with E-state index in [0.717, 1.165) is 12.2 Å². The second-order valence-electron chi connectivity index (χ2n) is 5.63. The van der Waals surface area contributed by atoms with E-state index in [2.05, 4.69) is 23.5 Å². The van der Waals surface area contributed by atoms with Crippen LogP contribution in [0.5, 0.6) is 0 Å². The third-order valence-corrected chi connectivity index (χ3v) is 4.72. The van der Waals surface area contributed by atoms with E-state index in [1.807, 2.05) is 12.1 Å². The highest BCUT2D eigenvalue weighted by molar-refractivity contribution is 7.89. The Morgan fingerprint density at radius 1 is 1.14 bits per heavy atom. The van der Waals surface area contributed by atoms with Gasteiger partial charge in [-0.1, -0.05) is 0 Å². The highest BCUT2D eigenvalue weighted by Gasteiger charge is 2.16. The van der Waals surface area contributed by atoms with Gasteiger partial charge in [0.15, 0.2) is 0 Å². The van der Waals surface area contributed by atoms with E-state index in [-0.39, 0.29) is 23.6 Å². The van der Waals surface area contributed by atoms with Gasteiger partial charge in [0.25, 0.3) is 0 Å². The average molecular weight is 314 g/mol. The molecule has 0 unspecified atom stereocenters. The van der Waals surface area contributed by atoms with E-state index in [1.54, 1.807) is 26.0 Å². The van der Waals surface area contributed by atoms with Crippen LogP contribution in [0.4, 0.5) is 5.69 Å². The van der Waals surface area contributed by atoms with Crippen molar-refractivity contribution in [1.82, 2.24) is 4.72 Å². The molecular formula is C15H26N2O3S. The normalized spacial score (nSPS) is 12.1. The third-order valence-electron chi connectivity index (χ3n) is 3.05. The van der Waals surface area contributed by atoms with Crippen LogP contribution in [0.25, 0.3) is 0 Å². The SMILES string of the molecule is CC(C)NS(=O)(=O)c1ccc(N(CCCO)C(C)C)cc1. The van der Waals surface area contributed by atoms with Crippen molar-refractivity contribution in [2.75, 3.05) is 18.1 Å². The van der Waals surface area contributed by atoms with Crippen molar-refractivity contribution in [3.05, 3.63) is 24.3 Å². The number of sulfonamides is 1. The van der Waals surface area contributed by atoms with Gasteiger partial charge >= 0.3 is 0 Å². The van der Waals surface area contributed by atoms with Gasteiger partial charge in [0, 0.05) is 30.9 Å². The van der Waals surface area contributed by atoms with Crippen molar-refractivity contribution < 1.29 is 13.5 Å². The van der Waals surface area contributed by atoms with Crippen molar-refractivity contribution in [3.8, 4) is 0 Å². The molecule has 0 radical (unpaired) electrons. The lowest BCUT2D eigenvalue weighted by molar-refractivity contribution is 0.288. The molecule has 21 heavy (non-hydrogen) atoms. The Kier molecular flexibility index (Phi) is 6.64. The summed E-state index contributed by atoms with van der Waals surface area (Å²) in [6.07, 6.45) is 0.688. The van der Waals surface area contributed by atoms with Crippen LogP contribution < -0.4 is 9.62 Å². The summed E-state index contributed by atoms with van der Waals surface area (Å²) in [7, 11) is -3.45. The first kappa shape index (κ1) is 17.9. The van der Waals surface area contributed by atoms with E-state index in [9.17, 15) is 8.42 Å². The van der Waals surface area contributed by atoms with Gasteiger partial charge in [0.05, 0.1) is 4.90 Å². The second-order valence-corrected chi connectivity index (χ2v) is 7.35. The summed E-state index contributed by atoms with van der Waals surface area (Å²) in [4.78, 5) is 2.41. The quantitative estimate of drug-likeness (QED) is 0.770. The van der Waals surface area contributed by atoms with Crippen LogP contribution >= 0.6 is 0 Å². The molecule has 0 spiro atoms. The molecule has 6 heteroatoms. The van der Waals surface area contributed by atoms with Crippen LogP contribution in [0, 0.1) is 0 Å². The number of aliphatic hydroxyl groups is 1. The van der Waals surface area contributed by atoms with Crippen LogP contribution in [0.1, 0.15) is 34.1 Å². The van der Waals surface area contributed by atoms with E-state index in [4.69, 9.17) is 5.11 Å². The highest BCUT2D eigenvalue weighted by Crippen LogP contribution is 2.20. The molecule has 0 aliphatic carbocycles. The summed E-state index contributed by atoms with van der Waals surface area (Å²) in [5.74, 6) is 0. The van der Waals surface area contributed by atoms with Gasteiger partial charge in [-0.2, -0.15) is 0 Å². The zero-order chi connectivity index (χ0) is 16.0. The smallest absolute Gasteiger partial charge is 0.240 e. The predicted octanol–water partition coefficient (Wildman–Crippen LogP) is 1.97. The van der Waals surface area contributed by atoms with Crippen molar-refractivity contribution in [1.29, 1.82) is 0 Å². The maximum Gasteiger partial charge on any atom is 0.240 e. The van der Waals surface area contributed by atoms with E-state index >= 15 is 0 Å². The maximum atomic E-state index is 12.1. The van der Waals surface area contributed by atoms with Crippen LogP contribution in [-0.2, 0) is 10.0 Å². The lowest BCUT2D eigenvalue weighted by Gasteiger charge is -2.29. The number of rotatable bonds is 8. The Hall–Kier alpha value is -1.11. The van der Waals surface area contributed by atoms with Crippen LogP contribution in [0.2, 0.25) is 0 Å². The Morgan fingerprint density at radius 3 is 2.14 bits per heavy atom. The van der Waals surface area contributed by atoms with E-state index < -0.39 is 10.0 Å². The number of nitrogens with one attached hydrogen (secondary N) is 1. The Labute approximate surface area is 128 Å². The standard InChI is InChI=1S/C15H26N2O3S/c1-12(2)16-21(19,20)15-8-6-14(7-9-15)17(13(3)4)10-5-11-18/h6-9,12-13,16,18H,5,10-11H2,1-4H3. The average Bonchev–Trinajstić information content (AvgIpc) is 2.38. The lowest BCUT2D eigenvalue weighted by Crippen LogP contribution is -2.32. The molecular weight excluding hydrogens is 288 g/mol. The molecule has 0 aliphatic rings. The molecule has 0 bridgehead atoms. The number of anilines is 1. The molecule has 120 valence electrons. The summed E-state index contributed by atoms with van der Waals surface area (Å²) in [5.41, 5.74) is 0.960. The Balaban J connectivity index is 2.95. The number of hydrogen-bond donors (Lipinski definition) is 2. The number of nitrogens with zero attached hydrogens (tertiary/aromatic N) is 1. The summed E-state index contributed by atoms with van der Waals surface area (Å²) in [6.45, 7) is 8.62. The Morgan fingerprint density at radius 2 is 1.71 bits per heavy atom. The molecule has 0 saturated heterocycles. The minimum Gasteiger partial charge on any atom is -0.396 e. The van der Waals surface area contributed by atoms with Crippen LogP contribution in [0.3, 0.4) is 0 Å². The largest absolute Gasteiger partial charge is 0.396 e. The number of benzene rings is 1. The molecule has 0 fully saturated rings. The molecule has 0 amide bonds. The zero-order valence-electron chi connectivity index (χ0n) is 13.2. The molecule has 1 aromatic rings. The van der Waals surface area contributed by atoms with Crippen molar-refractivity contribution in [3.63, 3.8) is 0 Å². The maximum absolute atomic E-state index is 12.1. The van der Waals surface area contributed by atoms with Gasteiger partial charge < -0.3 is 10.0 Å². The Bertz CT molecular complexity index is 524. The second kappa shape index (κ2) is 7.77. The summed E-state index contributed by atoms with van der Waals surface area (Å²) >= 11 is 0. The van der Waals surface area contributed by atoms with Gasteiger partial charge in [-0.15, -0.1) is 0 Å². The molecule has 0 aromatic heterocycles. The first-order valence-corrected chi connectivity index (χ1v) is 8.76. The first-order valence-electron chi connectivity index (χ1n) is 7.28. The highest BCUT2D eigenvalue weighted by atomic mass is 32.2. The molecule has 0 heterocycles. The fraction of sp³-hybridized carbons (Fsp3) is 0.600. The number of hydrogen-bond acceptors (Lipinski definition) is 4. The van der Waals surface area contributed by atoms with Gasteiger partial charge in [-0.05, 0) is 58.4 Å². The van der Waals surface area contributed by atoms with Gasteiger partial charge in [0.1, 0.15) is 0 Å². The topological polar surface area (TPSA) is 69.6 Å². The minimum atomic E-state index is -3.45. The van der Waals surface area contributed by atoms with Gasteiger partial charge in [0.2, 0.25) is 10.0 Å². The lowest BCUT2D eigenvalue weighted by atomic mass is 10.2. The van der Waals surface area contributed by atoms with Crippen molar-refractivity contribution in [2.24, 2.45) is 0 Å². The third kappa shape index (κ3) is 5.30. The molecule has 0 aliphatic heterocycles. The van der Waals surface area contributed by atoms with E-state index in [1.165, 1.54) is 0 Å². The monoisotopic (exact) mass is 314 g/mol. The summed E-state index contributed by atoms with van der Waals surface area (Å²) < 4.78 is 26.7. The minimum absolute atomic E-state index is 0.133. The zero-order valence-corrected chi connectivity index (χ0v) is 14.0. The van der Waals surface area contributed by atoms with E-state index in [0.29, 0.717) is 6.42 Å². The number of aliphatic hydroxyl groups excluding tert-OH is 1. The molecule has 1 aromatic carbocycles. The fourth-order valence-electron chi connectivity index (χ4n) is 2.12. The molecule has 5 nitrogen and oxygen atoms in total. The van der Waals surface area contributed by atoms with Gasteiger partial charge in [-0.25, -0.2) is 13.1 Å². The first-order chi connectivity index (χ1) is 9.77. The summed E-state index contributed by atoms with van der Waals surface area (Å²) in [6, 6.07) is 7.01. The van der Waals surface area contributed by atoms with Crippen molar-refractivity contribution >= 4 is 15.7 Å². The molecule has 0 atom stereocenters.